The fourth-order valence-electron chi connectivity index (χ4n) is 4.42. The van der Waals surface area contributed by atoms with Gasteiger partial charge in [0.15, 0.2) is 0 Å². The second-order valence-corrected chi connectivity index (χ2v) is 10.7. The van der Waals surface area contributed by atoms with Crippen molar-refractivity contribution in [1.29, 1.82) is 0 Å². The summed E-state index contributed by atoms with van der Waals surface area (Å²) in [5.74, 6) is -0.712. The van der Waals surface area contributed by atoms with Crippen molar-refractivity contribution >= 4 is 27.9 Å². The molecule has 0 atom stereocenters. The highest BCUT2D eigenvalue weighted by molar-refractivity contribution is 7.89. The van der Waals surface area contributed by atoms with Crippen LogP contribution in [0.1, 0.15) is 48.5 Å². The zero-order valence-corrected chi connectivity index (χ0v) is 19.0. The second kappa shape index (κ2) is 8.45. The van der Waals surface area contributed by atoms with Crippen LogP contribution in [0.2, 0.25) is 0 Å². The van der Waals surface area contributed by atoms with Crippen molar-refractivity contribution in [2.75, 3.05) is 26.3 Å². The Kier molecular flexibility index (Phi) is 5.99. The van der Waals surface area contributed by atoms with Gasteiger partial charge in [-0.15, -0.1) is 0 Å². The number of hydrazine groups is 1. The first-order valence-electron chi connectivity index (χ1n) is 10.8. The van der Waals surface area contributed by atoms with Gasteiger partial charge < -0.3 is 10.1 Å². The molecule has 1 aliphatic carbocycles. The number of aryl methyl sites for hydroxylation is 1. The Morgan fingerprint density at radius 1 is 1.19 bits per heavy atom. The highest BCUT2D eigenvalue weighted by Crippen LogP contribution is 2.35. The predicted molar refractivity (Wildman–Crippen MR) is 114 cm³/mol. The fourth-order valence-corrected chi connectivity index (χ4v) is 5.85. The molecule has 1 spiro atoms. The molecule has 10 nitrogen and oxygen atoms in total. The Hall–Kier alpha value is -2.50. The van der Waals surface area contributed by atoms with Gasteiger partial charge in [0.1, 0.15) is 5.54 Å². The quantitative estimate of drug-likeness (QED) is 0.645. The second-order valence-electron chi connectivity index (χ2n) is 8.77. The van der Waals surface area contributed by atoms with Crippen molar-refractivity contribution in [1.82, 2.24) is 20.1 Å². The first kappa shape index (κ1) is 22.7. The van der Waals surface area contributed by atoms with Gasteiger partial charge >= 0.3 is 6.03 Å². The maximum absolute atomic E-state index is 13.0. The summed E-state index contributed by atoms with van der Waals surface area (Å²) >= 11 is 0. The highest BCUT2D eigenvalue weighted by Gasteiger charge is 2.53. The van der Waals surface area contributed by atoms with Crippen molar-refractivity contribution in [3.63, 3.8) is 0 Å². The van der Waals surface area contributed by atoms with E-state index < -0.39 is 33.4 Å². The molecule has 2 heterocycles. The maximum Gasteiger partial charge on any atom is 0.344 e. The van der Waals surface area contributed by atoms with Crippen molar-refractivity contribution in [2.24, 2.45) is 5.92 Å². The SMILES string of the molecule is Cc1ccc(S(=O)(=O)N2CCOCC2)cc1C(=O)NN1C(=O)NC2(CCC(C)CC2)C1=O. The summed E-state index contributed by atoms with van der Waals surface area (Å²) in [6.45, 7) is 4.86. The van der Waals surface area contributed by atoms with Crippen molar-refractivity contribution in [3.05, 3.63) is 29.3 Å². The number of nitrogens with one attached hydrogen (secondary N) is 2. The predicted octanol–water partition coefficient (Wildman–Crippen LogP) is 1.16. The summed E-state index contributed by atoms with van der Waals surface area (Å²) in [4.78, 5) is 38.4. The van der Waals surface area contributed by atoms with E-state index in [1.165, 1.54) is 22.5 Å². The lowest BCUT2D eigenvalue weighted by Crippen LogP contribution is -2.51. The molecule has 0 radical (unpaired) electrons. The molecule has 1 aromatic carbocycles. The summed E-state index contributed by atoms with van der Waals surface area (Å²) in [5.41, 5.74) is 2.01. The number of carbonyl (C=O) groups is 3. The van der Waals surface area contributed by atoms with E-state index in [9.17, 15) is 22.8 Å². The molecule has 2 N–H and O–H groups in total. The Labute approximate surface area is 187 Å². The minimum atomic E-state index is -3.80. The molecule has 2 saturated heterocycles. The van der Waals surface area contributed by atoms with Gasteiger partial charge in [-0.25, -0.2) is 13.2 Å². The van der Waals surface area contributed by atoms with Gasteiger partial charge in [0.05, 0.1) is 18.1 Å². The summed E-state index contributed by atoms with van der Waals surface area (Å²) in [5, 5.41) is 3.47. The average molecular weight is 465 g/mol. The zero-order chi connectivity index (χ0) is 23.1. The number of urea groups is 1. The summed E-state index contributed by atoms with van der Waals surface area (Å²) in [7, 11) is -3.80. The topological polar surface area (TPSA) is 125 Å². The minimum Gasteiger partial charge on any atom is -0.379 e. The smallest absolute Gasteiger partial charge is 0.344 e. The first-order chi connectivity index (χ1) is 15.1. The van der Waals surface area contributed by atoms with Crippen LogP contribution in [-0.2, 0) is 19.6 Å². The molecule has 0 aromatic heterocycles. The zero-order valence-electron chi connectivity index (χ0n) is 18.2. The lowest BCUT2D eigenvalue weighted by molar-refractivity contribution is -0.134. The van der Waals surface area contributed by atoms with Gasteiger partial charge in [-0.05, 0) is 56.2 Å². The van der Waals surface area contributed by atoms with E-state index >= 15 is 0 Å². The Morgan fingerprint density at radius 3 is 2.50 bits per heavy atom. The van der Waals surface area contributed by atoms with Crippen molar-refractivity contribution < 1.29 is 27.5 Å². The highest BCUT2D eigenvalue weighted by atomic mass is 32.2. The number of carbonyl (C=O) groups excluding carboxylic acids is 3. The molecule has 0 unspecified atom stereocenters. The number of hydrogen-bond acceptors (Lipinski definition) is 6. The van der Waals surface area contributed by atoms with Gasteiger partial charge in [-0.3, -0.25) is 15.0 Å². The molecular formula is C21H28N4O6S. The standard InChI is InChI=1S/C21H28N4O6S/c1-14-5-7-21(8-6-14)19(27)25(20(28)22-21)23-18(26)17-13-16(4-3-15(17)2)32(29,30)24-9-11-31-12-10-24/h3-4,13-14H,5-12H2,1-2H3,(H,22,28)(H,23,26). The number of amides is 4. The lowest BCUT2D eigenvalue weighted by atomic mass is 9.77. The normalized spacial score (nSPS) is 26.9. The molecule has 3 fully saturated rings. The van der Waals surface area contributed by atoms with Gasteiger partial charge in [0.25, 0.3) is 11.8 Å². The number of ether oxygens (including phenoxy) is 1. The van der Waals surface area contributed by atoms with Gasteiger partial charge in [-0.2, -0.15) is 9.31 Å². The first-order valence-corrected chi connectivity index (χ1v) is 12.2. The summed E-state index contributed by atoms with van der Waals surface area (Å²) < 4.78 is 32.4. The van der Waals surface area contributed by atoms with E-state index in [2.05, 4.69) is 17.7 Å². The molecule has 3 aliphatic rings. The maximum atomic E-state index is 13.0. The third-order valence-electron chi connectivity index (χ3n) is 6.56. The van der Waals surface area contributed by atoms with Crippen LogP contribution in [0.15, 0.2) is 23.1 Å². The molecular weight excluding hydrogens is 436 g/mol. The van der Waals surface area contributed by atoms with Crippen LogP contribution in [0.4, 0.5) is 4.79 Å². The number of benzene rings is 1. The third-order valence-corrected chi connectivity index (χ3v) is 8.46. The van der Waals surface area contributed by atoms with E-state index in [4.69, 9.17) is 4.74 Å². The molecule has 1 aromatic rings. The number of rotatable bonds is 4. The molecule has 4 rings (SSSR count). The van der Waals surface area contributed by atoms with Crippen LogP contribution in [0.3, 0.4) is 0 Å². The van der Waals surface area contributed by atoms with Crippen LogP contribution in [0.5, 0.6) is 0 Å². The third kappa shape index (κ3) is 4.00. The molecule has 174 valence electrons. The molecule has 11 heteroatoms. The van der Waals surface area contributed by atoms with Crippen LogP contribution >= 0.6 is 0 Å². The van der Waals surface area contributed by atoms with Crippen LogP contribution in [0, 0.1) is 12.8 Å². The fraction of sp³-hybridized carbons (Fsp3) is 0.571. The summed E-state index contributed by atoms with van der Waals surface area (Å²) in [6, 6.07) is 3.60. The van der Waals surface area contributed by atoms with E-state index in [-0.39, 0.29) is 23.5 Å². The molecule has 2 aliphatic heterocycles. The van der Waals surface area contributed by atoms with Crippen LogP contribution in [0.25, 0.3) is 0 Å². The summed E-state index contributed by atoms with van der Waals surface area (Å²) in [6.07, 6.45) is 2.68. The average Bonchev–Trinajstić information content (AvgIpc) is 3.00. The Morgan fingerprint density at radius 2 is 1.84 bits per heavy atom. The van der Waals surface area contributed by atoms with Crippen LogP contribution in [-0.4, -0.2) is 67.4 Å². The Bertz CT molecular complexity index is 1040. The monoisotopic (exact) mass is 464 g/mol. The lowest BCUT2D eigenvalue weighted by Gasteiger charge is -2.33. The van der Waals surface area contributed by atoms with E-state index in [0.29, 0.717) is 37.5 Å². The number of morpholine rings is 1. The molecule has 0 bridgehead atoms. The minimum absolute atomic E-state index is 0.0231. The van der Waals surface area contributed by atoms with E-state index in [1.807, 2.05) is 0 Å². The van der Waals surface area contributed by atoms with E-state index in [0.717, 1.165) is 17.9 Å². The number of sulfonamides is 1. The molecule has 4 amide bonds. The van der Waals surface area contributed by atoms with Crippen molar-refractivity contribution in [2.45, 2.75) is 50.0 Å². The molecule has 1 saturated carbocycles. The number of hydrogen-bond donors (Lipinski definition) is 2. The molecule has 32 heavy (non-hydrogen) atoms. The number of imide groups is 1. The van der Waals surface area contributed by atoms with Gasteiger partial charge in [-0.1, -0.05) is 13.0 Å². The van der Waals surface area contributed by atoms with E-state index in [1.54, 1.807) is 6.92 Å². The van der Waals surface area contributed by atoms with Crippen molar-refractivity contribution in [3.8, 4) is 0 Å². The number of nitrogens with zero attached hydrogens (tertiary/aromatic N) is 2. The van der Waals surface area contributed by atoms with Gasteiger partial charge in [0, 0.05) is 18.7 Å². The van der Waals surface area contributed by atoms with Gasteiger partial charge in [0.2, 0.25) is 10.0 Å². The van der Waals surface area contributed by atoms with Crippen LogP contribution < -0.4 is 10.7 Å². The largest absolute Gasteiger partial charge is 0.379 e. The Balaban J connectivity index is 1.54.